The third kappa shape index (κ3) is 1.99. The van der Waals surface area contributed by atoms with E-state index in [4.69, 9.17) is 0 Å². The molecule has 2 aromatic carbocycles. The largest absolute Gasteiger partial charge is 0.293 e. The Bertz CT molecular complexity index is 631. The highest BCUT2D eigenvalue weighted by Gasteiger charge is 2.25. The Morgan fingerprint density at radius 2 is 1.72 bits per heavy atom. The fourth-order valence-corrected chi connectivity index (χ4v) is 2.45. The van der Waals surface area contributed by atoms with Crippen molar-refractivity contribution < 1.29 is 4.79 Å². The number of carbonyl (C=O) groups is 1. The summed E-state index contributed by atoms with van der Waals surface area (Å²) < 4.78 is 1.16. The molecule has 1 heterocycles. The Labute approximate surface area is 119 Å². The minimum atomic E-state index is -0.253. The summed E-state index contributed by atoms with van der Waals surface area (Å²) in [5, 5.41) is 0. The van der Waals surface area contributed by atoms with Gasteiger partial charge in [-0.1, -0.05) is 24.3 Å². The van der Waals surface area contributed by atoms with E-state index in [0.29, 0.717) is 5.56 Å². The molecule has 1 atom stereocenters. The summed E-state index contributed by atoms with van der Waals surface area (Å²) in [4.78, 5) is 16.8. The lowest BCUT2D eigenvalue weighted by atomic mass is 9.89. The van der Waals surface area contributed by atoms with Crippen LogP contribution < -0.4 is 0 Å². The first-order valence-corrected chi connectivity index (χ1v) is 6.76. The predicted molar refractivity (Wildman–Crippen MR) is 80.8 cm³/mol. The van der Waals surface area contributed by atoms with Crippen molar-refractivity contribution in [2.45, 2.75) is 5.92 Å². The van der Waals surface area contributed by atoms with Crippen molar-refractivity contribution in [3.63, 3.8) is 0 Å². The number of ketones is 1. The summed E-state index contributed by atoms with van der Waals surface area (Å²) in [7, 11) is 0. The zero-order chi connectivity index (χ0) is 12.5. The Kier molecular flexibility index (Phi) is 2.99. The molecule has 88 valence electrons. The molecule has 0 saturated carbocycles. The smallest absolute Gasteiger partial charge is 0.177 e. The first kappa shape index (κ1) is 11.6. The molecular formula is C15H10INO. The summed E-state index contributed by atoms with van der Waals surface area (Å²) >= 11 is 2.25. The normalized spacial score (nSPS) is 17.6. The van der Waals surface area contributed by atoms with Gasteiger partial charge in [-0.2, -0.15) is 0 Å². The lowest BCUT2D eigenvalue weighted by Crippen LogP contribution is -2.17. The van der Waals surface area contributed by atoms with E-state index in [1.807, 2.05) is 48.5 Å². The lowest BCUT2D eigenvalue weighted by molar-refractivity contribution is 0.0983. The molecule has 1 aliphatic rings. The van der Waals surface area contributed by atoms with Crippen LogP contribution in [0.25, 0.3) is 0 Å². The number of benzene rings is 2. The maximum Gasteiger partial charge on any atom is 0.177 e. The van der Waals surface area contributed by atoms with Crippen molar-refractivity contribution in [1.29, 1.82) is 0 Å². The molecule has 0 bridgehead atoms. The van der Waals surface area contributed by atoms with E-state index < -0.39 is 0 Å². The maximum atomic E-state index is 12.4. The van der Waals surface area contributed by atoms with Gasteiger partial charge in [0.1, 0.15) is 0 Å². The van der Waals surface area contributed by atoms with Crippen LogP contribution in [-0.4, -0.2) is 12.0 Å². The quantitative estimate of drug-likeness (QED) is 0.718. The van der Waals surface area contributed by atoms with Gasteiger partial charge in [0.2, 0.25) is 0 Å². The number of hydrogen-bond acceptors (Lipinski definition) is 2. The van der Waals surface area contributed by atoms with Crippen LogP contribution in [0.5, 0.6) is 0 Å². The van der Waals surface area contributed by atoms with Crippen molar-refractivity contribution in [1.82, 2.24) is 0 Å². The van der Waals surface area contributed by atoms with Gasteiger partial charge in [-0.15, -0.1) is 0 Å². The molecule has 0 radical (unpaired) electrons. The van der Waals surface area contributed by atoms with Gasteiger partial charge in [-0.25, -0.2) is 0 Å². The number of Topliss-reactive ketones (excluding diaryl/α,β-unsaturated/α-hetero) is 1. The van der Waals surface area contributed by atoms with Crippen molar-refractivity contribution in [2.75, 3.05) is 0 Å². The van der Waals surface area contributed by atoms with Gasteiger partial charge >= 0.3 is 0 Å². The van der Waals surface area contributed by atoms with Crippen LogP contribution in [0.3, 0.4) is 0 Å². The number of para-hydroxylation sites is 1. The zero-order valence-electron chi connectivity index (χ0n) is 9.51. The number of carbonyl (C=O) groups excluding carboxylic acids is 1. The first-order valence-electron chi connectivity index (χ1n) is 5.68. The van der Waals surface area contributed by atoms with Crippen LogP contribution in [0.15, 0.2) is 53.5 Å². The van der Waals surface area contributed by atoms with Gasteiger partial charge < -0.3 is 0 Å². The summed E-state index contributed by atoms with van der Waals surface area (Å²) in [5.41, 5.74) is 2.48. The minimum absolute atomic E-state index is 0.127. The van der Waals surface area contributed by atoms with Crippen molar-refractivity contribution >= 4 is 40.3 Å². The number of fused-ring (bicyclic) bond motifs is 1. The third-order valence-electron chi connectivity index (χ3n) is 3.04. The van der Waals surface area contributed by atoms with Gasteiger partial charge in [-0.05, 0) is 52.4 Å². The molecule has 2 aromatic rings. The molecule has 1 aliphatic heterocycles. The number of hydrogen-bond donors (Lipinski definition) is 0. The van der Waals surface area contributed by atoms with Crippen molar-refractivity contribution in [3.05, 3.63) is 63.2 Å². The molecule has 0 spiro atoms. The predicted octanol–water partition coefficient (Wildman–Crippen LogP) is 3.97. The number of nitrogens with zero attached hydrogens (tertiary/aromatic N) is 1. The molecule has 3 heteroatoms. The Balaban J connectivity index is 2.03. The maximum absolute atomic E-state index is 12.4. The van der Waals surface area contributed by atoms with Gasteiger partial charge in [0.25, 0.3) is 0 Å². The average Bonchev–Trinajstić information content (AvgIpc) is 2.41. The monoisotopic (exact) mass is 347 g/mol. The fourth-order valence-electron chi connectivity index (χ4n) is 2.09. The molecule has 3 rings (SSSR count). The summed E-state index contributed by atoms with van der Waals surface area (Å²) in [6.07, 6.45) is 1.74. The molecular weight excluding hydrogens is 337 g/mol. The summed E-state index contributed by atoms with van der Waals surface area (Å²) in [6, 6.07) is 15.5. The number of rotatable bonds is 1. The van der Waals surface area contributed by atoms with Crippen LogP contribution in [0.2, 0.25) is 0 Å². The fraction of sp³-hybridized carbons (Fsp3) is 0.0667. The lowest BCUT2D eigenvalue weighted by Gasteiger charge is -2.17. The Hall–Kier alpha value is -1.49. The summed E-state index contributed by atoms with van der Waals surface area (Å²) in [6.45, 7) is 0. The van der Waals surface area contributed by atoms with E-state index in [0.717, 1.165) is 14.8 Å². The van der Waals surface area contributed by atoms with E-state index in [1.165, 1.54) is 0 Å². The minimum Gasteiger partial charge on any atom is -0.293 e. The van der Waals surface area contributed by atoms with Crippen LogP contribution >= 0.6 is 22.6 Å². The molecule has 0 N–H and O–H groups in total. The van der Waals surface area contributed by atoms with E-state index in [2.05, 4.69) is 27.6 Å². The van der Waals surface area contributed by atoms with Crippen LogP contribution in [-0.2, 0) is 0 Å². The summed E-state index contributed by atoms with van der Waals surface area (Å²) in [5.74, 6) is -0.126. The molecule has 0 saturated heterocycles. The highest BCUT2D eigenvalue weighted by Crippen LogP contribution is 2.30. The molecule has 2 nitrogen and oxygen atoms in total. The average molecular weight is 347 g/mol. The van der Waals surface area contributed by atoms with Gasteiger partial charge in [0.15, 0.2) is 5.78 Å². The van der Waals surface area contributed by atoms with Crippen LogP contribution in [0.4, 0.5) is 5.69 Å². The standard InChI is InChI=1S/C15H10INO/c16-11-7-5-10(6-8-11)13-9-17-14-4-2-1-3-12(14)15(13)18/h1-9,13H. The Morgan fingerprint density at radius 3 is 2.50 bits per heavy atom. The first-order chi connectivity index (χ1) is 8.75. The highest BCUT2D eigenvalue weighted by molar-refractivity contribution is 14.1. The topological polar surface area (TPSA) is 29.4 Å². The van der Waals surface area contributed by atoms with E-state index in [9.17, 15) is 4.79 Å². The van der Waals surface area contributed by atoms with E-state index >= 15 is 0 Å². The van der Waals surface area contributed by atoms with E-state index in [-0.39, 0.29) is 11.7 Å². The number of aliphatic imine (C=N–C) groups is 1. The number of halogens is 1. The second kappa shape index (κ2) is 4.65. The van der Waals surface area contributed by atoms with Gasteiger partial charge in [0.05, 0.1) is 11.6 Å². The zero-order valence-corrected chi connectivity index (χ0v) is 11.7. The second-order valence-electron chi connectivity index (χ2n) is 4.19. The molecule has 1 unspecified atom stereocenters. The van der Waals surface area contributed by atoms with Gasteiger partial charge in [0, 0.05) is 15.3 Å². The molecule has 0 aliphatic carbocycles. The molecule has 0 fully saturated rings. The second-order valence-corrected chi connectivity index (χ2v) is 5.43. The van der Waals surface area contributed by atoms with Crippen molar-refractivity contribution in [2.24, 2.45) is 4.99 Å². The molecule has 0 aromatic heterocycles. The SMILES string of the molecule is O=C1c2ccccc2N=CC1c1ccc(I)cc1. The molecule has 18 heavy (non-hydrogen) atoms. The van der Waals surface area contributed by atoms with Crippen LogP contribution in [0.1, 0.15) is 21.8 Å². The Morgan fingerprint density at radius 1 is 1.00 bits per heavy atom. The van der Waals surface area contributed by atoms with Crippen LogP contribution in [0, 0.1) is 3.57 Å². The molecule has 0 amide bonds. The van der Waals surface area contributed by atoms with Gasteiger partial charge in [-0.3, -0.25) is 9.79 Å². The van der Waals surface area contributed by atoms with E-state index in [1.54, 1.807) is 6.21 Å². The highest BCUT2D eigenvalue weighted by atomic mass is 127. The van der Waals surface area contributed by atoms with Crippen molar-refractivity contribution in [3.8, 4) is 0 Å². The third-order valence-corrected chi connectivity index (χ3v) is 3.76.